The van der Waals surface area contributed by atoms with Crippen molar-refractivity contribution >= 4 is 11.8 Å². The van der Waals surface area contributed by atoms with E-state index in [1.165, 1.54) is 38.1 Å². The second-order valence-electron chi connectivity index (χ2n) is 5.42. The Morgan fingerprint density at radius 1 is 1.18 bits per heavy atom. The van der Waals surface area contributed by atoms with Gasteiger partial charge in [-0.3, -0.25) is 0 Å². The summed E-state index contributed by atoms with van der Waals surface area (Å²) >= 11 is 1.95. The minimum atomic E-state index is 0.728. The number of hydrogen-bond donors (Lipinski definition) is 1. The SMILES string of the molecule is CSCCC(C)N(C)CCCCNCC(C)C. The normalized spacial score (nSPS) is 13.6. The average molecular weight is 260 g/mol. The van der Waals surface area contributed by atoms with Crippen LogP contribution in [0.4, 0.5) is 0 Å². The highest BCUT2D eigenvalue weighted by Gasteiger charge is 2.07. The molecule has 1 unspecified atom stereocenters. The predicted molar refractivity (Wildman–Crippen MR) is 82.0 cm³/mol. The van der Waals surface area contributed by atoms with Gasteiger partial charge in [0.15, 0.2) is 0 Å². The predicted octanol–water partition coefficient (Wildman–Crippen LogP) is 3.09. The summed E-state index contributed by atoms with van der Waals surface area (Å²) in [4.78, 5) is 2.50. The third-order valence-electron chi connectivity index (χ3n) is 3.16. The first-order valence-corrected chi connectivity index (χ1v) is 8.37. The highest BCUT2D eigenvalue weighted by atomic mass is 32.2. The molecule has 1 N–H and O–H groups in total. The molecule has 2 nitrogen and oxygen atoms in total. The van der Waals surface area contributed by atoms with E-state index in [1.807, 2.05) is 11.8 Å². The van der Waals surface area contributed by atoms with E-state index in [0.29, 0.717) is 0 Å². The Bertz CT molecular complexity index is 162. The zero-order chi connectivity index (χ0) is 13.1. The van der Waals surface area contributed by atoms with Crippen molar-refractivity contribution in [1.82, 2.24) is 10.2 Å². The van der Waals surface area contributed by atoms with Gasteiger partial charge in [0.2, 0.25) is 0 Å². The van der Waals surface area contributed by atoms with Gasteiger partial charge in [0.1, 0.15) is 0 Å². The molecule has 17 heavy (non-hydrogen) atoms. The van der Waals surface area contributed by atoms with E-state index in [9.17, 15) is 0 Å². The van der Waals surface area contributed by atoms with Crippen molar-refractivity contribution in [2.45, 2.75) is 46.1 Å². The molecule has 0 aliphatic rings. The first kappa shape index (κ1) is 17.3. The number of nitrogens with zero attached hydrogens (tertiary/aromatic N) is 1. The lowest BCUT2D eigenvalue weighted by molar-refractivity contribution is 0.248. The lowest BCUT2D eigenvalue weighted by atomic mass is 10.2. The van der Waals surface area contributed by atoms with E-state index < -0.39 is 0 Å². The number of nitrogens with one attached hydrogen (secondary N) is 1. The molecule has 0 heterocycles. The highest BCUT2D eigenvalue weighted by Crippen LogP contribution is 2.06. The molecule has 0 radical (unpaired) electrons. The Morgan fingerprint density at radius 3 is 2.47 bits per heavy atom. The number of hydrogen-bond acceptors (Lipinski definition) is 3. The first-order chi connectivity index (χ1) is 8.07. The second-order valence-corrected chi connectivity index (χ2v) is 6.40. The Kier molecular flexibility index (Phi) is 11.5. The largest absolute Gasteiger partial charge is 0.316 e. The van der Waals surface area contributed by atoms with Crippen molar-refractivity contribution in [3.8, 4) is 0 Å². The van der Waals surface area contributed by atoms with Crippen molar-refractivity contribution in [3.05, 3.63) is 0 Å². The zero-order valence-corrected chi connectivity index (χ0v) is 13.3. The molecule has 0 saturated carbocycles. The van der Waals surface area contributed by atoms with Crippen LogP contribution in [0.1, 0.15) is 40.0 Å². The van der Waals surface area contributed by atoms with Crippen molar-refractivity contribution in [2.24, 2.45) is 5.92 Å². The second kappa shape index (κ2) is 11.4. The van der Waals surface area contributed by atoms with Crippen molar-refractivity contribution < 1.29 is 0 Å². The van der Waals surface area contributed by atoms with Gasteiger partial charge >= 0.3 is 0 Å². The van der Waals surface area contributed by atoms with E-state index in [0.717, 1.165) is 18.5 Å². The molecule has 0 saturated heterocycles. The van der Waals surface area contributed by atoms with Crippen LogP contribution in [0.5, 0.6) is 0 Å². The van der Waals surface area contributed by atoms with Gasteiger partial charge in [0, 0.05) is 6.04 Å². The van der Waals surface area contributed by atoms with Crippen LogP contribution in [0.3, 0.4) is 0 Å². The van der Waals surface area contributed by atoms with Gasteiger partial charge < -0.3 is 10.2 Å². The Labute approximate surface area is 113 Å². The van der Waals surface area contributed by atoms with Gasteiger partial charge in [-0.2, -0.15) is 11.8 Å². The molecule has 0 amide bonds. The fraction of sp³-hybridized carbons (Fsp3) is 1.00. The highest BCUT2D eigenvalue weighted by molar-refractivity contribution is 7.98. The van der Waals surface area contributed by atoms with Crippen LogP contribution >= 0.6 is 11.8 Å². The van der Waals surface area contributed by atoms with Crippen molar-refractivity contribution in [1.29, 1.82) is 0 Å². The fourth-order valence-corrected chi connectivity index (χ4v) is 2.31. The molecule has 1 atom stereocenters. The topological polar surface area (TPSA) is 15.3 Å². The van der Waals surface area contributed by atoms with Gasteiger partial charge in [0.25, 0.3) is 0 Å². The summed E-state index contributed by atoms with van der Waals surface area (Å²) < 4.78 is 0. The van der Waals surface area contributed by atoms with Crippen LogP contribution in [0.15, 0.2) is 0 Å². The molecular weight excluding hydrogens is 228 g/mol. The van der Waals surface area contributed by atoms with Crippen LogP contribution in [0, 0.1) is 5.92 Å². The van der Waals surface area contributed by atoms with Gasteiger partial charge in [-0.25, -0.2) is 0 Å². The molecule has 0 aliphatic heterocycles. The Morgan fingerprint density at radius 2 is 1.88 bits per heavy atom. The van der Waals surface area contributed by atoms with Gasteiger partial charge in [-0.15, -0.1) is 0 Å². The molecule has 3 heteroatoms. The zero-order valence-electron chi connectivity index (χ0n) is 12.5. The lowest BCUT2D eigenvalue weighted by Gasteiger charge is -2.24. The van der Waals surface area contributed by atoms with E-state index in [-0.39, 0.29) is 0 Å². The third kappa shape index (κ3) is 11.1. The summed E-state index contributed by atoms with van der Waals surface area (Å²) in [7, 11) is 2.26. The third-order valence-corrected chi connectivity index (χ3v) is 3.80. The molecule has 0 aromatic rings. The number of rotatable bonds is 11. The van der Waals surface area contributed by atoms with E-state index in [4.69, 9.17) is 0 Å². The van der Waals surface area contributed by atoms with Crippen LogP contribution in [0.2, 0.25) is 0 Å². The summed E-state index contributed by atoms with van der Waals surface area (Å²) in [5, 5.41) is 3.50. The number of unbranched alkanes of at least 4 members (excludes halogenated alkanes) is 1. The molecular formula is C14H32N2S. The van der Waals surface area contributed by atoms with Crippen molar-refractivity contribution in [2.75, 3.05) is 38.7 Å². The lowest BCUT2D eigenvalue weighted by Crippen LogP contribution is -2.31. The van der Waals surface area contributed by atoms with Crippen LogP contribution in [-0.4, -0.2) is 49.6 Å². The molecule has 0 fully saturated rings. The quantitative estimate of drug-likeness (QED) is 0.575. The summed E-state index contributed by atoms with van der Waals surface area (Å²) in [5.74, 6) is 2.05. The molecule has 0 rings (SSSR count). The van der Waals surface area contributed by atoms with Gasteiger partial charge in [0.05, 0.1) is 0 Å². The molecule has 0 aliphatic carbocycles. The van der Waals surface area contributed by atoms with Gasteiger partial charge in [-0.05, 0) is 70.8 Å². The molecule has 0 spiro atoms. The fourth-order valence-electron chi connectivity index (χ4n) is 1.73. The average Bonchev–Trinajstić information content (AvgIpc) is 2.29. The summed E-state index contributed by atoms with van der Waals surface area (Å²) in [6.07, 6.45) is 6.11. The van der Waals surface area contributed by atoms with Crippen LogP contribution in [-0.2, 0) is 0 Å². The first-order valence-electron chi connectivity index (χ1n) is 6.97. The standard InChI is InChI=1S/C14H32N2S/c1-13(2)12-15-9-6-7-10-16(4)14(3)8-11-17-5/h13-15H,6-12H2,1-5H3. The minimum absolute atomic E-state index is 0.728. The maximum atomic E-state index is 3.50. The smallest absolute Gasteiger partial charge is 0.00717 e. The van der Waals surface area contributed by atoms with E-state index in [2.05, 4.69) is 44.3 Å². The Hall–Kier alpha value is 0.270. The molecule has 104 valence electrons. The maximum absolute atomic E-state index is 3.50. The summed E-state index contributed by atoms with van der Waals surface area (Å²) in [5.41, 5.74) is 0. The van der Waals surface area contributed by atoms with E-state index in [1.54, 1.807) is 0 Å². The Balaban J connectivity index is 3.34. The van der Waals surface area contributed by atoms with Gasteiger partial charge in [-0.1, -0.05) is 13.8 Å². The minimum Gasteiger partial charge on any atom is -0.316 e. The molecule has 0 bridgehead atoms. The summed E-state index contributed by atoms with van der Waals surface area (Å²) in [6, 6.07) is 0.728. The van der Waals surface area contributed by atoms with Crippen molar-refractivity contribution in [3.63, 3.8) is 0 Å². The molecule has 0 aromatic carbocycles. The monoisotopic (exact) mass is 260 g/mol. The van der Waals surface area contributed by atoms with E-state index >= 15 is 0 Å². The maximum Gasteiger partial charge on any atom is 0.00717 e. The van der Waals surface area contributed by atoms with Crippen LogP contribution < -0.4 is 5.32 Å². The molecule has 0 aromatic heterocycles. The number of thioether (sulfide) groups is 1. The summed E-state index contributed by atoms with van der Waals surface area (Å²) in [6.45, 7) is 10.4. The van der Waals surface area contributed by atoms with Crippen LogP contribution in [0.25, 0.3) is 0 Å².